The van der Waals surface area contributed by atoms with Gasteiger partial charge in [-0.25, -0.2) is 4.39 Å². The van der Waals surface area contributed by atoms with E-state index in [9.17, 15) is 19.1 Å². The predicted octanol–water partition coefficient (Wildman–Crippen LogP) is 4.75. The maximum atomic E-state index is 13.2. The lowest BCUT2D eigenvalue weighted by Gasteiger charge is -2.25. The van der Waals surface area contributed by atoms with Gasteiger partial charge in [0.1, 0.15) is 29.2 Å². The molecule has 6 heteroatoms. The zero-order valence-electron chi connectivity index (χ0n) is 15.6. The van der Waals surface area contributed by atoms with Crippen LogP contribution in [-0.4, -0.2) is 11.1 Å². The van der Waals surface area contributed by atoms with Gasteiger partial charge in [-0.1, -0.05) is 24.3 Å². The fraction of sp³-hybridized carbons (Fsp3) is 0.0833. The van der Waals surface area contributed by atoms with Crippen LogP contribution in [0.5, 0.6) is 11.5 Å². The number of esters is 1. The minimum absolute atomic E-state index is 0.0546. The van der Waals surface area contributed by atoms with Crippen LogP contribution in [0, 0.1) is 5.82 Å². The first-order valence-electron chi connectivity index (χ1n) is 9.35. The lowest BCUT2D eigenvalue weighted by Crippen LogP contribution is -2.22. The third kappa shape index (κ3) is 2.93. The van der Waals surface area contributed by atoms with Crippen LogP contribution in [0.2, 0.25) is 0 Å². The summed E-state index contributed by atoms with van der Waals surface area (Å²) >= 11 is 0. The van der Waals surface area contributed by atoms with Crippen molar-refractivity contribution in [1.82, 2.24) is 0 Å². The summed E-state index contributed by atoms with van der Waals surface area (Å²) < 4.78 is 24.5. The molecule has 1 unspecified atom stereocenters. The number of rotatable bonds is 2. The van der Waals surface area contributed by atoms with Gasteiger partial charge in [-0.15, -0.1) is 0 Å². The van der Waals surface area contributed by atoms with Crippen LogP contribution in [0.1, 0.15) is 23.5 Å². The van der Waals surface area contributed by atoms with E-state index in [1.54, 1.807) is 36.4 Å². The monoisotopic (exact) mass is 402 g/mol. The molecule has 0 fully saturated rings. The molecule has 1 atom stereocenters. The number of hydrogen-bond acceptors (Lipinski definition) is 5. The molecule has 5 rings (SSSR count). The average Bonchev–Trinajstić information content (AvgIpc) is 2.74. The SMILES string of the molecule is O=C1CC(c2cccc(O)c2)c2c(ccc3c(=O)c(-c4ccc(F)cc4)coc23)O1. The fourth-order valence-electron chi connectivity index (χ4n) is 3.91. The second-order valence-electron chi connectivity index (χ2n) is 7.17. The number of phenols is 1. The van der Waals surface area contributed by atoms with E-state index in [2.05, 4.69) is 0 Å². The number of hydrogen-bond donors (Lipinski definition) is 1. The first-order chi connectivity index (χ1) is 14.5. The van der Waals surface area contributed by atoms with Crippen LogP contribution in [0.4, 0.5) is 4.39 Å². The number of halogens is 1. The second-order valence-corrected chi connectivity index (χ2v) is 7.17. The van der Waals surface area contributed by atoms with Gasteiger partial charge < -0.3 is 14.3 Å². The van der Waals surface area contributed by atoms with Crippen molar-refractivity contribution in [2.75, 3.05) is 0 Å². The highest BCUT2D eigenvalue weighted by molar-refractivity contribution is 5.90. The average molecular weight is 402 g/mol. The molecule has 1 aliphatic heterocycles. The Hall–Kier alpha value is -3.93. The summed E-state index contributed by atoms with van der Waals surface area (Å²) in [5.74, 6) is -0.829. The van der Waals surface area contributed by atoms with Gasteiger partial charge in [0.25, 0.3) is 0 Å². The van der Waals surface area contributed by atoms with Gasteiger partial charge >= 0.3 is 5.97 Å². The van der Waals surface area contributed by atoms with Crippen molar-refractivity contribution >= 4 is 16.9 Å². The van der Waals surface area contributed by atoms with E-state index in [1.807, 2.05) is 0 Å². The molecule has 3 aromatic carbocycles. The molecule has 0 saturated heterocycles. The molecule has 2 heterocycles. The van der Waals surface area contributed by atoms with Crippen molar-refractivity contribution in [3.05, 3.63) is 94.1 Å². The van der Waals surface area contributed by atoms with E-state index in [1.165, 1.54) is 30.5 Å². The minimum Gasteiger partial charge on any atom is -0.508 e. The van der Waals surface area contributed by atoms with Gasteiger partial charge in [-0.2, -0.15) is 0 Å². The maximum absolute atomic E-state index is 13.2. The van der Waals surface area contributed by atoms with Gasteiger partial charge in [0.15, 0.2) is 0 Å². The Bertz CT molecular complexity index is 1350. The van der Waals surface area contributed by atoms with Crippen molar-refractivity contribution in [2.24, 2.45) is 0 Å². The fourth-order valence-corrected chi connectivity index (χ4v) is 3.91. The second kappa shape index (κ2) is 6.84. The van der Waals surface area contributed by atoms with Crippen molar-refractivity contribution in [3.63, 3.8) is 0 Å². The Labute approximate surface area is 170 Å². The van der Waals surface area contributed by atoms with Crippen molar-refractivity contribution in [1.29, 1.82) is 0 Å². The number of benzene rings is 3. The molecule has 0 amide bonds. The summed E-state index contributed by atoms with van der Waals surface area (Å²) in [4.78, 5) is 25.3. The molecule has 5 nitrogen and oxygen atoms in total. The highest BCUT2D eigenvalue weighted by Gasteiger charge is 2.32. The van der Waals surface area contributed by atoms with Crippen molar-refractivity contribution in [2.45, 2.75) is 12.3 Å². The third-order valence-electron chi connectivity index (χ3n) is 5.31. The van der Waals surface area contributed by atoms with Gasteiger partial charge in [0, 0.05) is 11.5 Å². The largest absolute Gasteiger partial charge is 0.508 e. The van der Waals surface area contributed by atoms with Crippen LogP contribution in [0.3, 0.4) is 0 Å². The quantitative estimate of drug-likeness (QED) is 0.387. The van der Waals surface area contributed by atoms with E-state index in [-0.39, 0.29) is 17.6 Å². The van der Waals surface area contributed by atoms with Gasteiger partial charge in [0.05, 0.1) is 17.4 Å². The van der Waals surface area contributed by atoms with E-state index in [0.29, 0.717) is 39.0 Å². The molecular formula is C24H15FO5. The molecule has 30 heavy (non-hydrogen) atoms. The third-order valence-corrected chi connectivity index (χ3v) is 5.31. The molecular weight excluding hydrogens is 387 g/mol. The number of fused-ring (bicyclic) bond motifs is 3. The highest BCUT2D eigenvalue weighted by Crippen LogP contribution is 2.43. The van der Waals surface area contributed by atoms with Gasteiger partial charge in [-0.05, 0) is 47.5 Å². The number of carbonyl (C=O) groups excluding carboxylic acids is 1. The molecule has 148 valence electrons. The predicted molar refractivity (Wildman–Crippen MR) is 108 cm³/mol. The Morgan fingerprint density at radius 1 is 1.00 bits per heavy atom. The lowest BCUT2D eigenvalue weighted by atomic mass is 9.85. The summed E-state index contributed by atoms with van der Waals surface area (Å²) in [6.45, 7) is 0. The Morgan fingerprint density at radius 3 is 2.57 bits per heavy atom. The summed E-state index contributed by atoms with van der Waals surface area (Å²) in [7, 11) is 0. The zero-order chi connectivity index (χ0) is 20.8. The molecule has 1 aromatic heterocycles. The molecule has 4 aromatic rings. The van der Waals surface area contributed by atoms with E-state index in [0.717, 1.165) is 0 Å². The zero-order valence-corrected chi connectivity index (χ0v) is 15.6. The standard InChI is InChI=1S/C24H15FO5/c25-15-6-4-13(5-7-15)19-12-29-24-17(23(19)28)8-9-20-22(24)18(11-21(27)30-20)14-2-1-3-16(26)10-14/h1-10,12,18,26H,11H2. The van der Waals surface area contributed by atoms with Crippen molar-refractivity contribution in [3.8, 4) is 22.6 Å². The molecule has 1 aliphatic rings. The van der Waals surface area contributed by atoms with Gasteiger partial charge in [0.2, 0.25) is 5.43 Å². The van der Waals surface area contributed by atoms with Crippen LogP contribution in [-0.2, 0) is 4.79 Å². The summed E-state index contributed by atoms with van der Waals surface area (Å²) in [6, 6.07) is 15.4. The topological polar surface area (TPSA) is 76.7 Å². The number of ether oxygens (including phenoxy) is 1. The maximum Gasteiger partial charge on any atom is 0.312 e. The smallest absolute Gasteiger partial charge is 0.312 e. The van der Waals surface area contributed by atoms with E-state index >= 15 is 0 Å². The molecule has 0 spiro atoms. The number of carbonyl (C=O) groups is 1. The molecule has 0 aliphatic carbocycles. The molecule has 0 saturated carbocycles. The van der Waals surface area contributed by atoms with Crippen LogP contribution >= 0.6 is 0 Å². The Kier molecular flexibility index (Phi) is 4.13. The van der Waals surface area contributed by atoms with Crippen LogP contribution in [0.25, 0.3) is 22.1 Å². The van der Waals surface area contributed by atoms with Crippen molar-refractivity contribution < 1.29 is 23.4 Å². The summed E-state index contributed by atoms with van der Waals surface area (Å²) in [6.07, 6.45) is 1.40. The minimum atomic E-state index is -0.433. The first kappa shape index (κ1) is 18.1. The first-order valence-corrected chi connectivity index (χ1v) is 9.35. The Balaban J connectivity index is 1.74. The summed E-state index contributed by atoms with van der Waals surface area (Å²) in [5.41, 5.74) is 2.21. The van der Waals surface area contributed by atoms with E-state index < -0.39 is 17.7 Å². The molecule has 0 radical (unpaired) electrons. The number of phenolic OH excluding ortho intramolecular Hbond substituents is 1. The highest BCUT2D eigenvalue weighted by atomic mass is 19.1. The summed E-state index contributed by atoms with van der Waals surface area (Å²) in [5, 5.41) is 10.2. The normalized spacial score (nSPS) is 15.6. The van der Waals surface area contributed by atoms with Crippen LogP contribution < -0.4 is 10.2 Å². The van der Waals surface area contributed by atoms with Crippen LogP contribution in [0.15, 0.2) is 76.1 Å². The van der Waals surface area contributed by atoms with E-state index in [4.69, 9.17) is 9.15 Å². The molecule has 1 N–H and O–H groups in total. The van der Waals surface area contributed by atoms with Gasteiger partial charge in [-0.3, -0.25) is 9.59 Å². The molecule has 0 bridgehead atoms. The lowest BCUT2D eigenvalue weighted by molar-refractivity contribution is -0.135. The number of aromatic hydroxyl groups is 1. The Morgan fingerprint density at radius 2 is 1.80 bits per heavy atom.